The maximum Gasteiger partial charge on any atom is 0.171 e. The van der Waals surface area contributed by atoms with Crippen molar-refractivity contribution in [3.8, 4) is 0 Å². The lowest BCUT2D eigenvalue weighted by Crippen LogP contribution is -2.40. The first-order valence-corrected chi connectivity index (χ1v) is 9.68. The average Bonchev–Trinajstić information content (AvgIpc) is 3.02. The van der Waals surface area contributed by atoms with Crippen LogP contribution in [-0.2, 0) is 17.8 Å². The molecule has 0 bridgehead atoms. The predicted molar refractivity (Wildman–Crippen MR) is 102 cm³/mol. The summed E-state index contributed by atoms with van der Waals surface area (Å²) in [6, 6.07) is 4.10. The van der Waals surface area contributed by atoms with E-state index in [-0.39, 0.29) is 10.8 Å². The van der Waals surface area contributed by atoms with Crippen LogP contribution < -0.4 is 4.72 Å². The first kappa shape index (κ1) is 18.1. The summed E-state index contributed by atoms with van der Waals surface area (Å²) >= 11 is -1.15. The van der Waals surface area contributed by atoms with Crippen molar-refractivity contribution in [1.82, 2.24) is 24.3 Å². The molecule has 3 rings (SSSR count). The van der Waals surface area contributed by atoms with E-state index in [0.717, 1.165) is 39.9 Å². The largest absolute Gasteiger partial charge is 0.598 e. The maximum atomic E-state index is 12.5. The molecule has 0 fully saturated rings. The standard InChI is InChI=1S/C18H25N5OS/c1-7-15-20-16-13(12(3)22-25(24)18(4,5)6)8-11(2)9-14(16)17-21-19-10-23(15)17/h8-10,12,22H,7H2,1-6H3/t12-,25?/m1/s1. The highest BCUT2D eigenvalue weighted by molar-refractivity contribution is 7.90. The molecule has 1 aromatic carbocycles. The van der Waals surface area contributed by atoms with E-state index in [4.69, 9.17) is 4.98 Å². The summed E-state index contributed by atoms with van der Waals surface area (Å²) in [5.41, 5.74) is 3.87. The van der Waals surface area contributed by atoms with Gasteiger partial charge in [-0.15, -0.1) is 14.9 Å². The van der Waals surface area contributed by atoms with E-state index in [9.17, 15) is 4.55 Å². The summed E-state index contributed by atoms with van der Waals surface area (Å²) in [6.45, 7) is 12.0. The summed E-state index contributed by atoms with van der Waals surface area (Å²) in [7, 11) is 0. The molecular formula is C18H25N5OS. The number of nitrogens with zero attached hydrogens (tertiary/aromatic N) is 4. The molecule has 134 valence electrons. The van der Waals surface area contributed by atoms with Crippen LogP contribution in [0.5, 0.6) is 0 Å². The molecule has 7 heteroatoms. The molecule has 0 aliphatic carbocycles. The minimum atomic E-state index is -1.15. The quantitative estimate of drug-likeness (QED) is 0.724. The van der Waals surface area contributed by atoms with Crippen molar-refractivity contribution in [1.29, 1.82) is 0 Å². The van der Waals surface area contributed by atoms with Crippen LogP contribution in [0, 0.1) is 6.92 Å². The molecule has 0 spiro atoms. The van der Waals surface area contributed by atoms with Crippen LogP contribution in [0.1, 0.15) is 57.6 Å². The Morgan fingerprint density at radius 2 is 2.04 bits per heavy atom. The van der Waals surface area contributed by atoms with Crippen LogP contribution in [0.4, 0.5) is 0 Å². The lowest BCUT2D eigenvalue weighted by Gasteiger charge is -2.27. The predicted octanol–water partition coefficient (Wildman–Crippen LogP) is 3.26. The van der Waals surface area contributed by atoms with Gasteiger partial charge in [-0.05, 0) is 51.8 Å². The van der Waals surface area contributed by atoms with Crippen molar-refractivity contribution < 1.29 is 4.55 Å². The second-order valence-electron chi connectivity index (χ2n) is 7.38. The SMILES string of the molecule is CCc1nc2c([C@@H](C)N[S+]([O-])C(C)(C)C)cc(C)cc2c2nncn12. The van der Waals surface area contributed by atoms with Gasteiger partial charge in [0.2, 0.25) is 0 Å². The van der Waals surface area contributed by atoms with Gasteiger partial charge in [-0.2, -0.15) is 0 Å². The third-order valence-corrected chi connectivity index (χ3v) is 5.89. The van der Waals surface area contributed by atoms with Crippen molar-refractivity contribution in [2.45, 2.75) is 58.8 Å². The molecule has 1 unspecified atom stereocenters. The number of nitrogens with one attached hydrogen (secondary N) is 1. The summed E-state index contributed by atoms with van der Waals surface area (Å²) in [5.74, 6) is 0.918. The molecule has 1 N–H and O–H groups in total. The number of fused-ring (bicyclic) bond motifs is 3. The van der Waals surface area contributed by atoms with Gasteiger partial charge in [0.25, 0.3) is 0 Å². The van der Waals surface area contributed by atoms with Gasteiger partial charge >= 0.3 is 0 Å². The van der Waals surface area contributed by atoms with Gasteiger partial charge in [-0.25, -0.2) is 4.98 Å². The Morgan fingerprint density at radius 1 is 1.32 bits per heavy atom. The Balaban J connectivity index is 2.17. The Kier molecular flexibility index (Phi) is 4.74. The minimum Gasteiger partial charge on any atom is -0.598 e. The second-order valence-corrected chi connectivity index (χ2v) is 9.37. The first-order chi connectivity index (χ1) is 11.7. The van der Waals surface area contributed by atoms with Crippen LogP contribution >= 0.6 is 0 Å². The highest BCUT2D eigenvalue weighted by atomic mass is 32.2. The van der Waals surface area contributed by atoms with Gasteiger partial charge in [0.05, 0.1) is 11.6 Å². The first-order valence-electron chi connectivity index (χ1n) is 8.53. The molecule has 2 atom stereocenters. The van der Waals surface area contributed by atoms with Crippen LogP contribution in [0.2, 0.25) is 0 Å². The Hall–Kier alpha value is -1.70. The van der Waals surface area contributed by atoms with Crippen molar-refractivity contribution in [2.75, 3.05) is 0 Å². The molecule has 2 aromatic heterocycles. The molecule has 6 nitrogen and oxygen atoms in total. The smallest absolute Gasteiger partial charge is 0.171 e. The summed E-state index contributed by atoms with van der Waals surface area (Å²) in [4.78, 5) is 4.87. The summed E-state index contributed by atoms with van der Waals surface area (Å²) in [6.07, 6.45) is 2.49. The fraction of sp³-hybridized carbons (Fsp3) is 0.500. The van der Waals surface area contributed by atoms with E-state index in [2.05, 4.69) is 40.9 Å². The second kappa shape index (κ2) is 6.55. The minimum absolute atomic E-state index is 0.0926. The van der Waals surface area contributed by atoms with Crippen LogP contribution in [0.15, 0.2) is 18.5 Å². The topological polar surface area (TPSA) is 78.2 Å². The zero-order chi connectivity index (χ0) is 18.4. The average molecular weight is 359 g/mol. The lowest BCUT2D eigenvalue weighted by atomic mass is 10.0. The third-order valence-electron chi connectivity index (χ3n) is 4.21. The van der Waals surface area contributed by atoms with Crippen molar-refractivity contribution in [2.24, 2.45) is 0 Å². The molecule has 2 heterocycles. The van der Waals surface area contributed by atoms with E-state index in [1.165, 1.54) is 0 Å². The van der Waals surface area contributed by atoms with E-state index in [0.29, 0.717) is 0 Å². The molecule has 0 saturated carbocycles. The lowest BCUT2D eigenvalue weighted by molar-refractivity contribution is 0.531. The Morgan fingerprint density at radius 3 is 2.68 bits per heavy atom. The van der Waals surface area contributed by atoms with E-state index in [1.54, 1.807) is 6.33 Å². The molecule has 0 saturated heterocycles. The molecule has 0 radical (unpaired) electrons. The summed E-state index contributed by atoms with van der Waals surface area (Å²) < 4.78 is 17.4. The highest BCUT2D eigenvalue weighted by Crippen LogP contribution is 2.29. The zero-order valence-corrected chi connectivity index (χ0v) is 16.4. The highest BCUT2D eigenvalue weighted by Gasteiger charge is 2.29. The van der Waals surface area contributed by atoms with E-state index < -0.39 is 11.4 Å². The number of hydrogen-bond donors (Lipinski definition) is 1. The van der Waals surface area contributed by atoms with Crippen molar-refractivity contribution in [3.63, 3.8) is 0 Å². The molecule has 3 aromatic rings. The molecule has 25 heavy (non-hydrogen) atoms. The van der Waals surface area contributed by atoms with Crippen LogP contribution in [0.25, 0.3) is 16.6 Å². The van der Waals surface area contributed by atoms with Crippen molar-refractivity contribution >= 4 is 27.9 Å². The summed E-state index contributed by atoms with van der Waals surface area (Å²) in [5, 5.41) is 9.32. The Labute approximate surface area is 151 Å². The zero-order valence-electron chi connectivity index (χ0n) is 15.6. The molecular weight excluding hydrogens is 334 g/mol. The van der Waals surface area contributed by atoms with Crippen molar-refractivity contribution in [3.05, 3.63) is 35.4 Å². The molecule has 0 amide bonds. The fourth-order valence-corrected chi connectivity index (χ4v) is 3.67. The third kappa shape index (κ3) is 3.36. The fourth-order valence-electron chi connectivity index (χ4n) is 2.87. The number of hydrogen-bond acceptors (Lipinski definition) is 5. The van der Waals surface area contributed by atoms with Gasteiger partial charge in [-0.3, -0.25) is 4.40 Å². The number of benzene rings is 1. The number of rotatable bonds is 4. The maximum absolute atomic E-state index is 12.5. The van der Waals surface area contributed by atoms with Gasteiger partial charge in [0.1, 0.15) is 16.9 Å². The molecule has 0 aliphatic heterocycles. The van der Waals surface area contributed by atoms with Crippen LogP contribution in [0.3, 0.4) is 0 Å². The van der Waals surface area contributed by atoms with Gasteiger partial charge in [-0.1, -0.05) is 13.0 Å². The number of aromatic nitrogens is 4. The number of aryl methyl sites for hydroxylation is 2. The monoisotopic (exact) mass is 359 g/mol. The van der Waals surface area contributed by atoms with E-state index in [1.807, 2.05) is 32.1 Å². The Bertz CT molecular complexity index is 915. The van der Waals surface area contributed by atoms with E-state index >= 15 is 0 Å². The normalized spacial score (nSPS) is 15.0. The molecule has 0 aliphatic rings. The van der Waals surface area contributed by atoms with Gasteiger partial charge in [0, 0.05) is 23.2 Å². The van der Waals surface area contributed by atoms with Crippen LogP contribution in [-0.4, -0.2) is 28.9 Å². The van der Waals surface area contributed by atoms with Gasteiger partial charge in [0.15, 0.2) is 5.65 Å². The van der Waals surface area contributed by atoms with Gasteiger partial charge < -0.3 is 4.55 Å².